The molecule has 0 saturated heterocycles. The number of anilines is 1. The molecule has 0 spiro atoms. The Morgan fingerprint density at radius 2 is 2.00 bits per heavy atom. The van der Waals surface area contributed by atoms with Crippen molar-refractivity contribution in [3.05, 3.63) is 33.9 Å². The predicted octanol–water partition coefficient (Wildman–Crippen LogP) is 3.29. The van der Waals surface area contributed by atoms with E-state index in [4.69, 9.17) is 0 Å². The first-order chi connectivity index (χ1) is 9.29. The molecule has 1 rings (SSSR count). The summed E-state index contributed by atoms with van der Waals surface area (Å²) in [5.74, 6) is 0.603. The van der Waals surface area contributed by atoms with Crippen LogP contribution < -0.4 is 5.32 Å². The molecule has 1 N–H and O–H groups in total. The van der Waals surface area contributed by atoms with Crippen LogP contribution in [0.5, 0.6) is 0 Å². The molecule has 5 nitrogen and oxygen atoms in total. The average molecular weight is 279 g/mol. The molecule has 0 aliphatic carbocycles. The Bertz CT molecular complexity index is 448. The third kappa shape index (κ3) is 5.17. The number of nitro groups is 1. The van der Waals surface area contributed by atoms with Crippen molar-refractivity contribution in [3.63, 3.8) is 0 Å². The number of benzene rings is 1. The fraction of sp³-hybridized carbons (Fsp3) is 0.600. The lowest BCUT2D eigenvalue weighted by Gasteiger charge is -2.25. The zero-order valence-electron chi connectivity index (χ0n) is 13.0. The van der Waals surface area contributed by atoms with Gasteiger partial charge in [-0.05, 0) is 45.0 Å². The summed E-state index contributed by atoms with van der Waals surface area (Å²) in [6.45, 7) is 7.24. The SMILES string of the molecule is Cc1cc([N+](=O)[O-])ccc1NC(CC(C)C)CN(C)C. The molecule has 0 saturated carbocycles. The van der Waals surface area contributed by atoms with Crippen LogP contribution in [0.15, 0.2) is 18.2 Å². The van der Waals surface area contributed by atoms with Gasteiger partial charge in [0, 0.05) is 30.4 Å². The predicted molar refractivity (Wildman–Crippen MR) is 83.3 cm³/mol. The molecule has 112 valence electrons. The highest BCUT2D eigenvalue weighted by atomic mass is 16.6. The monoisotopic (exact) mass is 279 g/mol. The fourth-order valence-electron chi connectivity index (χ4n) is 2.33. The van der Waals surface area contributed by atoms with E-state index in [1.165, 1.54) is 0 Å². The van der Waals surface area contributed by atoms with Crippen LogP contribution >= 0.6 is 0 Å². The van der Waals surface area contributed by atoms with Gasteiger partial charge in [0.2, 0.25) is 0 Å². The van der Waals surface area contributed by atoms with Gasteiger partial charge >= 0.3 is 0 Å². The van der Waals surface area contributed by atoms with Gasteiger partial charge in [0.15, 0.2) is 0 Å². The number of hydrogen-bond donors (Lipinski definition) is 1. The van der Waals surface area contributed by atoms with Crippen LogP contribution in [-0.2, 0) is 0 Å². The van der Waals surface area contributed by atoms with Crippen LogP contribution in [0.3, 0.4) is 0 Å². The second-order valence-electron chi connectivity index (χ2n) is 5.99. The van der Waals surface area contributed by atoms with Gasteiger partial charge in [-0.2, -0.15) is 0 Å². The summed E-state index contributed by atoms with van der Waals surface area (Å²) >= 11 is 0. The van der Waals surface area contributed by atoms with Gasteiger partial charge in [-0.25, -0.2) is 0 Å². The number of nitro benzene ring substituents is 1. The van der Waals surface area contributed by atoms with E-state index in [2.05, 4.69) is 38.2 Å². The third-order valence-electron chi connectivity index (χ3n) is 3.12. The van der Waals surface area contributed by atoms with E-state index < -0.39 is 0 Å². The summed E-state index contributed by atoms with van der Waals surface area (Å²) < 4.78 is 0. The maximum Gasteiger partial charge on any atom is 0.269 e. The maximum absolute atomic E-state index is 10.8. The van der Waals surface area contributed by atoms with Gasteiger partial charge in [0.25, 0.3) is 5.69 Å². The van der Waals surface area contributed by atoms with Gasteiger partial charge < -0.3 is 10.2 Å². The lowest BCUT2D eigenvalue weighted by atomic mass is 10.0. The molecule has 0 radical (unpaired) electrons. The Hall–Kier alpha value is -1.62. The average Bonchev–Trinajstić information content (AvgIpc) is 2.29. The molecule has 0 amide bonds. The Kier molecular flexibility index (Phi) is 5.95. The normalized spacial score (nSPS) is 12.8. The van der Waals surface area contributed by atoms with Crippen molar-refractivity contribution in [2.24, 2.45) is 5.92 Å². The van der Waals surface area contributed by atoms with Crippen molar-refractivity contribution in [1.82, 2.24) is 4.90 Å². The second kappa shape index (κ2) is 7.24. The molecule has 1 unspecified atom stereocenters. The maximum atomic E-state index is 10.8. The smallest absolute Gasteiger partial charge is 0.269 e. The molecule has 0 aromatic heterocycles. The summed E-state index contributed by atoms with van der Waals surface area (Å²) in [6, 6.07) is 5.31. The molecule has 1 atom stereocenters. The first-order valence-electron chi connectivity index (χ1n) is 6.96. The summed E-state index contributed by atoms with van der Waals surface area (Å²) in [6.07, 6.45) is 1.06. The van der Waals surface area contributed by atoms with Crippen LogP contribution in [0.25, 0.3) is 0 Å². The summed E-state index contributed by atoms with van der Waals surface area (Å²) in [7, 11) is 4.11. The minimum absolute atomic E-state index is 0.140. The van der Waals surface area contributed by atoms with Gasteiger partial charge in [-0.3, -0.25) is 10.1 Å². The zero-order valence-corrected chi connectivity index (χ0v) is 13.0. The molecule has 0 aliphatic heterocycles. The van der Waals surface area contributed by atoms with Crippen molar-refractivity contribution in [3.8, 4) is 0 Å². The molecule has 0 aliphatic rings. The molecule has 20 heavy (non-hydrogen) atoms. The molecular weight excluding hydrogens is 254 g/mol. The van der Waals surface area contributed by atoms with Crippen LogP contribution in [0, 0.1) is 23.0 Å². The largest absolute Gasteiger partial charge is 0.381 e. The first-order valence-corrected chi connectivity index (χ1v) is 6.96. The van der Waals surface area contributed by atoms with E-state index in [-0.39, 0.29) is 10.6 Å². The topological polar surface area (TPSA) is 58.4 Å². The van der Waals surface area contributed by atoms with Gasteiger partial charge in [0.05, 0.1) is 4.92 Å². The highest BCUT2D eigenvalue weighted by molar-refractivity contribution is 5.55. The van der Waals surface area contributed by atoms with E-state index in [0.29, 0.717) is 12.0 Å². The minimum Gasteiger partial charge on any atom is -0.381 e. The lowest BCUT2D eigenvalue weighted by molar-refractivity contribution is -0.384. The van der Waals surface area contributed by atoms with Gasteiger partial charge in [-0.1, -0.05) is 13.8 Å². The van der Waals surface area contributed by atoms with Crippen molar-refractivity contribution >= 4 is 11.4 Å². The summed E-state index contributed by atoms with van der Waals surface area (Å²) in [4.78, 5) is 12.6. The standard InChI is InChI=1S/C15H25N3O2/c1-11(2)8-13(10-17(4)5)16-15-7-6-14(18(19)20)9-12(15)3/h6-7,9,11,13,16H,8,10H2,1-5H3. The van der Waals surface area contributed by atoms with Crippen molar-refractivity contribution in [2.75, 3.05) is 26.0 Å². The zero-order chi connectivity index (χ0) is 15.3. The molecule has 0 bridgehead atoms. The quantitative estimate of drug-likeness (QED) is 0.614. The van der Waals surface area contributed by atoms with Crippen molar-refractivity contribution in [2.45, 2.75) is 33.2 Å². The molecule has 1 aromatic rings. The van der Waals surface area contributed by atoms with Crippen LogP contribution in [0.4, 0.5) is 11.4 Å². The second-order valence-corrected chi connectivity index (χ2v) is 5.99. The van der Waals surface area contributed by atoms with Crippen LogP contribution in [0.1, 0.15) is 25.8 Å². The van der Waals surface area contributed by atoms with Crippen LogP contribution in [-0.4, -0.2) is 36.5 Å². The number of rotatable bonds is 7. The molecule has 1 aromatic carbocycles. The molecule has 0 heterocycles. The van der Waals surface area contributed by atoms with Crippen molar-refractivity contribution < 1.29 is 4.92 Å². The Morgan fingerprint density at radius 3 is 2.45 bits per heavy atom. The Morgan fingerprint density at radius 1 is 1.35 bits per heavy atom. The molecule has 5 heteroatoms. The highest BCUT2D eigenvalue weighted by Gasteiger charge is 2.14. The number of hydrogen-bond acceptors (Lipinski definition) is 4. The number of aryl methyl sites for hydroxylation is 1. The third-order valence-corrected chi connectivity index (χ3v) is 3.12. The fourth-order valence-corrected chi connectivity index (χ4v) is 2.33. The molecule has 0 fully saturated rings. The first kappa shape index (κ1) is 16.4. The summed E-state index contributed by atoms with van der Waals surface area (Å²) in [5, 5.41) is 14.3. The summed E-state index contributed by atoms with van der Waals surface area (Å²) in [5.41, 5.74) is 2.02. The van der Waals surface area contributed by atoms with E-state index >= 15 is 0 Å². The highest BCUT2D eigenvalue weighted by Crippen LogP contribution is 2.23. The van der Waals surface area contributed by atoms with E-state index in [9.17, 15) is 10.1 Å². The van der Waals surface area contributed by atoms with Gasteiger partial charge in [-0.15, -0.1) is 0 Å². The van der Waals surface area contributed by atoms with Gasteiger partial charge in [0.1, 0.15) is 0 Å². The van der Waals surface area contributed by atoms with Crippen molar-refractivity contribution in [1.29, 1.82) is 0 Å². The van der Waals surface area contributed by atoms with E-state index in [1.807, 2.05) is 6.92 Å². The number of non-ortho nitro benzene ring substituents is 1. The molecular formula is C15H25N3O2. The minimum atomic E-state index is -0.359. The van der Waals surface area contributed by atoms with Crippen LogP contribution in [0.2, 0.25) is 0 Å². The van der Waals surface area contributed by atoms with E-state index in [0.717, 1.165) is 24.2 Å². The Labute approximate surface area is 121 Å². The number of likely N-dealkylation sites (N-methyl/N-ethyl adjacent to an activating group) is 1. The lowest BCUT2D eigenvalue weighted by Crippen LogP contribution is -2.33. The van der Waals surface area contributed by atoms with E-state index in [1.54, 1.807) is 18.2 Å². The number of nitrogens with zero attached hydrogens (tertiary/aromatic N) is 2. The Balaban J connectivity index is 2.84. The number of nitrogens with one attached hydrogen (secondary N) is 1.